The molecule has 1 saturated carbocycles. The second-order valence-corrected chi connectivity index (χ2v) is 7.85. The molecule has 5 nitrogen and oxygen atoms in total. The minimum atomic E-state index is -4.37. The normalized spacial score (nSPS) is 29.6. The van der Waals surface area contributed by atoms with Crippen molar-refractivity contribution < 1.29 is 17.9 Å². The number of rotatable bonds is 4. The van der Waals surface area contributed by atoms with Gasteiger partial charge in [-0.15, -0.1) is 0 Å². The number of nitrogens with zero attached hydrogens (tertiary/aromatic N) is 2. The number of hydrogen-bond acceptors (Lipinski definition) is 5. The Hall–Kier alpha value is -1.54. The predicted octanol–water partition coefficient (Wildman–Crippen LogP) is 3.48. The number of nitrogens with one attached hydrogen (secondary N) is 1. The zero-order valence-corrected chi connectivity index (χ0v) is 15.9. The third kappa shape index (κ3) is 5.25. The Balaban J connectivity index is 1.62. The van der Waals surface area contributed by atoms with Crippen LogP contribution in [0.4, 0.5) is 24.7 Å². The van der Waals surface area contributed by atoms with Gasteiger partial charge in [-0.2, -0.15) is 13.2 Å². The summed E-state index contributed by atoms with van der Waals surface area (Å²) in [6, 6.07) is 4.03. The number of alkyl halides is 3. The highest BCUT2D eigenvalue weighted by Gasteiger charge is 2.45. The van der Waals surface area contributed by atoms with Crippen molar-refractivity contribution in [1.29, 1.82) is 0 Å². The molecule has 1 aromatic rings. The Morgan fingerprint density at radius 3 is 2.56 bits per heavy atom. The highest BCUT2D eigenvalue weighted by atomic mass is 19.4. The summed E-state index contributed by atoms with van der Waals surface area (Å²) in [6.45, 7) is 4.58. The third-order valence-electron chi connectivity index (χ3n) is 5.49. The van der Waals surface area contributed by atoms with Gasteiger partial charge >= 0.3 is 6.18 Å². The molecule has 1 aliphatic carbocycles. The molecule has 1 aliphatic heterocycles. The molecule has 2 atom stereocenters. The zero-order chi connectivity index (χ0) is 19.6. The summed E-state index contributed by atoms with van der Waals surface area (Å²) in [6.07, 6.45) is -2.25. The Morgan fingerprint density at radius 1 is 1.22 bits per heavy atom. The van der Waals surface area contributed by atoms with Crippen molar-refractivity contribution in [3.05, 3.63) is 17.8 Å². The average molecular weight is 386 g/mol. The standard InChI is InChI=1S/C19H29F3N4O/c1-12-10-26(11-17(27-12)19(20,21)22)18-8-7-16(13(2)25-18)24-9-14-3-5-15(23)6-4-14/h7-8,12,14-15,17,24H,3-6,9-11,23H2,1-2H3. The van der Waals surface area contributed by atoms with E-state index >= 15 is 0 Å². The number of halogens is 3. The molecule has 27 heavy (non-hydrogen) atoms. The number of pyridine rings is 1. The Morgan fingerprint density at radius 2 is 1.93 bits per heavy atom. The van der Waals surface area contributed by atoms with Crippen LogP contribution in [0, 0.1) is 12.8 Å². The minimum Gasteiger partial charge on any atom is -0.383 e. The van der Waals surface area contributed by atoms with E-state index in [0.29, 0.717) is 24.3 Å². The number of aryl methyl sites for hydroxylation is 1. The second kappa shape index (κ2) is 8.22. The fraction of sp³-hybridized carbons (Fsp3) is 0.737. The molecule has 1 saturated heterocycles. The van der Waals surface area contributed by atoms with Crippen molar-refractivity contribution in [2.75, 3.05) is 29.9 Å². The van der Waals surface area contributed by atoms with Crippen LogP contribution in [-0.4, -0.2) is 49.0 Å². The average Bonchev–Trinajstić information content (AvgIpc) is 2.61. The summed E-state index contributed by atoms with van der Waals surface area (Å²) in [5, 5.41) is 3.44. The van der Waals surface area contributed by atoms with E-state index in [1.165, 1.54) is 0 Å². The van der Waals surface area contributed by atoms with Gasteiger partial charge in [-0.1, -0.05) is 0 Å². The van der Waals surface area contributed by atoms with Crippen molar-refractivity contribution in [3.63, 3.8) is 0 Å². The fourth-order valence-electron chi connectivity index (χ4n) is 3.88. The van der Waals surface area contributed by atoms with E-state index in [-0.39, 0.29) is 6.54 Å². The number of anilines is 2. The van der Waals surface area contributed by atoms with Crippen molar-refractivity contribution in [1.82, 2.24) is 4.98 Å². The molecule has 0 bridgehead atoms. The summed E-state index contributed by atoms with van der Waals surface area (Å²) < 4.78 is 44.2. The second-order valence-electron chi connectivity index (χ2n) is 7.85. The third-order valence-corrected chi connectivity index (χ3v) is 5.49. The molecule has 2 aliphatic rings. The van der Waals surface area contributed by atoms with Gasteiger partial charge < -0.3 is 20.7 Å². The van der Waals surface area contributed by atoms with Crippen LogP contribution in [0.2, 0.25) is 0 Å². The van der Waals surface area contributed by atoms with Gasteiger partial charge in [0, 0.05) is 19.1 Å². The lowest BCUT2D eigenvalue weighted by atomic mass is 9.86. The summed E-state index contributed by atoms with van der Waals surface area (Å²) in [4.78, 5) is 6.20. The van der Waals surface area contributed by atoms with E-state index in [2.05, 4.69) is 10.3 Å². The van der Waals surface area contributed by atoms with Crippen LogP contribution in [0.1, 0.15) is 38.3 Å². The van der Waals surface area contributed by atoms with Crippen molar-refractivity contribution in [2.45, 2.75) is 64.0 Å². The number of nitrogens with two attached hydrogens (primary N) is 1. The molecule has 0 aromatic carbocycles. The first-order chi connectivity index (χ1) is 12.7. The first kappa shape index (κ1) is 20.2. The maximum atomic E-state index is 13.1. The van der Waals surface area contributed by atoms with E-state index in [9.17, 15) is 13.2 Å². The summed E-state index contributed by atoms with van der Waals surface area (Å²) in [5.74, 6) is 1.17. The first-order valence-corrected chi connectivity index (χ1v) is 9.66. The van der Waals surface area contributed by atoms with Crippen LogP contribution in [0.25, 0.3) is 0 Å². The van der Waals surface area contributed by atoms with Crippen LogP contribution in [-0.2, 0) is 4.74 Å². The monoisotopic (exact) mass is 386 g/mol. The summed E-state index contributed by atoms with van der Waals surface area (Å²) in [7, 11) is 0. The molecule has 3 N–H and O–H groups in total. The molecular weight excluding hydrogens is 357 g/mol. The Kier molecular flexibility index (Phi) is 6.15. The van der Waals surface area contributed by atoms with Crippen LogP contribution in [0.5, 0.6) is 0 Å². The lowest BCUT2D eigenvalue weighted by Crippen LogP contribution is -2.52. The van der Waals surface area contributed by atoms with Gasteiger partial charge in [0.05, 0.1) is 24.0 Å². The van der Waals surface area contributed by atoms with Gasteiger partial charge in [-0.05, 0) is 57.6 Å². The maximum Gasteiger partial charge on any atom is 0.416 e. The van der Waals surface area contributed by atoms with E-state index in [1.807, 2.05) is 13.0 Å². The summed E-state index contributed by atoms with van der Waals surface area (Å²) in [5.41, 5.74) is 7.67. The van der Waals surface area contributed by atoms with E-state index in [1.54, 1.807) is 17.9 Å². The highest BCUT2D eigenvalue weighted by molar-refractivity contribution is 5.54. The highest BCUT2D eigenvalue weighted by Crippen LogP contribution is 2.30. The predicted molar refractivity (Wildman–Crippen MR) is 100 cm³/mol. The van der Waals surface area contributed by atoms with Gasteiger partial charge in [-0.25, -0.2) is 4.98 Å². The Bertz CT molecular complexity index is 632. The lowest BCUT2D eigenvalue weighted by molar-refractivity contribution is -0.233. The fourth-order valence-corrected chi connectivity index (χ4v) is 3.88. The zero-order valence-electron chi connectivity index (χ0n) is 15.9. The van der Waals surface area contributed by atoms with Crippen LogP contribution >= 0.6 is 0 Å². The van der Waals surface area contributed by atoms with Crippen LogP contribution in [0.15, 0.2) is 12.1 Å². The van der Waals surface area contributed by atoms with Gasteiger partial charge in [-0.3, -0.25) is 0 Å². The lowest BCUT2D eigenvalue weighted by Gasteiger charge is -2.38. The van der Waals surface area contributed by atoms with Gasteiger partial charge in [0.1, 0.15) is 5.82 Å². The molecule has 1 aromatic heterocycles. The van der Waals surface area contributed by atoms with Crippen molar-refractivity contribution in [3.8, 4) is 0 Å². The molecule has 8 heteroatoms. The van der Waals surface area contributed by atoms with Gasteiger partial charge in [0.25, 0.3) is 0 Å². The SMILES string of the molecule is Cc1nc(N2CC(C)OC(C(F)(F)F)C2)ccc1NCC1CCC(N)CC1. The maximum absolute atomic E-state index is 13.1. The number of aromatic nitrogens is 1. The molecular formula is C19H29F3N4O. The molecule has 152 valence electrons. The number of ether oxygens (including phenoxy) is 1. The largest absolute Gasteiger partial charge is 0.416 e. The number of hydrogen-bond donors (Lipinski definition) is 2. The number of morpholine rings is 1. The molecule has 0 spiro atoms. The van der Waals surface area contributed by atoms with E-state index in [0.717, 1.165) is 43.6 Å². The van der Waals surface area contributed by atoms with Crippen molar-refractivity contribution >= 4 is 11.5 Å². The molecule has 2 heterocycles. The molecule has 3 rings (SSSR count). The van der Waals surface area contributed by atoms with E-state index < -0.39 is 18.4 Å². The Labute approximate surface area is 158 Å². The first-order valence-electron chi connectivity index (χ1n) is 9.66. The van der Waals surface area contributed by atoms with E-state index in [4.69, 9.17) is 10.5 Å². The quantitative estimate of drug-likeness (QED) is 0.830. The molecule has 0 radical (unpaired) electrons. The summed E-state index contributed by atoms with van der Waals surface area (Å²) >= 11 is 0. The topological polar surface area (TPSA) is 63.4 Å². The van der Waals surface area contributed by atoms with Gasteiger partial charge in [0.2, 0.25) is 0 Å². The van der Waals surface area contributed by atoms with Crippen LogP contribution in [0.3, 0.4) is 0 Å². The smallest absolute Gasteiger partial charge is 0.383 e. The molecule has 0 amide bonds. The molecule has 2 unspecified atom stereocenters. The van der Waals surface area contributed by atoms with Gasteiger partial charge in [0.15, 0.2) is 6.10 Å². The molecule has 2 fully saturated rings. The van der Waals surface area contributed by atoms with Crippen molar-refractivity contribution in [2.24, 2.45) is 11.7 Å². The minimum absolute atomic E-state index is 0.227. The van der Waals surface area contributed by atoms with Crippen LogP contribution < -0.4 is 16.0 Å².